The molecule has 1 N–H and O–H groups in total. The first kappa shape index (κ1) is 18.4. The van der Waals surface area contributed by atoms with Crippen LogP contribution in [0.4, 0.5) is 5.88 Å². The Labute approximate surface area is 152 Å². The van der Waals surface area contributed by atoms with Gasteiger partial charge in [0.1, 0.15) is 0 Å². The smallest absolute Gasteiger partial charge is 0.384 e. The summed E-state index contributed by atoms with van der Waals surface area (Å²) in [5, 5.41) is 2.89. The number of benzene rings is 2. The molecule has 0 aliphatic heterocycles. The van der Waals surface area contributed by atoms with Gasteiger partial charge in [0.25, 0.3) is 0 Å². The molecule has 7 heteroatoms. The third-order valence-electron chi connectivity index (χ3n) is 4.11. The molecule has 0 amide bonds. The lowest BCUT2D eigenvalue weighted by molar-refractivity contribution is 0.286. The molecular formula is C19H21N2O4P. The predicted molar refractivity (Wildman–Crippen MR) is 101 cm³/mol. The lowest BCUT2D eigenvalue weighted by Crippen LogP contribution is -2.14. The average Bonchev–Trinajstić information content (AvgIpc) is 3.14. The van der Waals surface area contributed by atoms with Crippen LogP contribution in [0.5, 0.6) is 0 Å². The van der Waals surface area contributed by atoms with Crippen LogP contribution in [0, 0.1) is 0 Å². The summed E-state index contributed by atoms with van der Waals surface area (Å²) in [5.74, 6) is 0.431. The Morgan fingerprint density at radius 3 is 1.88 bits per heavy atom. The van der Waals surface area contributed by atoms with E-state index >= 15 is 0 Å². The van der Waals surface area contributed by atoms with E-state index in [-0.39, 0.29) is 17.2 Å². The van der Waals surface area contributed by atoms with Crippen LogP contribution in [0.3, 0.4) is 0 Å². The van der Waals surface area contributed by atoms with Gasteiger partial charge in [-0.25, -0.2) is 4.98 Å². The van der Waals surface area contributed by atoms with Crippen LogP contribution in [0.15, 0.2) is 65.1 Å². The SMILES string of the molecule is CNc1oc(C(c2ccccc2)c2ccccc2)nc1P(=O)(OC)OC. The van der Waals surface area contributed by atoms with Gasteiger partial charge >= 0.3 is 7.60 Å². The molecule has 0 atom stereocenters. The standard InChI is InChI=1S/C19H21N2O4P/c1-20-18-19(26(22,23-2)24-3)21-17(25-18)16(14-10-6-4-7-11-14)15-12-8-5-9-13-15/h4-13,16,20H,1-3H3. The van der Waals surface area contributed by atoms with Gasteiger partial charge in [-0.2, -0.15) is 0 Å². The lowest BCUT2D eigenvalue weighted by atomic mass is 9.91. The Kier molecular flexibility index (Phi) is 5.57. The maximum Gasteiger partial charge on any atom is 0.384 e. The predicted octanol–water partition coefficient (Wildman–Crippen LogP) is 4.01. The summed E-state index contributed by atoms with van der Waals surface area (Å²) >= 11 is 0. The Balaban J connectivity index is 2.17. The van der Waals surface area contributed by atoms with E-state index in [0.717, 1.165) is 11.1 Å². The number of aromatic nitrogens is 1. The van der Waals surface area contributed by atoms with Crippen molar-refractivity contribution in [1.29, 1.82) is 0 Å². The van der Waals surface area contributed by atoms with Crippen molar-refractivity contribution >= 4 is 18.9 Å². The second-order valence-electron chi connectivity index (χ2n) is 5.57. The second kappa shape index (κ2) is 7.87. The molecular weight excluding hydrogens is 351 g/mol. The molecule has 0 spiro atoms. The van der Waals surface area contributed by atoms with E-state index in [0.29, 0.717) is 5.89 Å². The number of hydrogen-bond donors (Lipinski definition) is 1. The molecule has 0 saturated carbocycles. The highest BCUT2D eigenvalue weighted by Crippen LogP contribution is 2.47. The van der Waals surface area contributed by atoms with Crippen LogP contribution < -0.4 is 10.8 Å². The lowest BCUT2D eigenvalue weighted by Gasteiger charge is -2.14. The third-order valence-corrected chi connectivity index (χ3v) is 5.89. The van der Waals surface area contributed by atoms with Crippen LogP contribution in [0.1, 0.15) is 22.9 Å². The van der Waals surface area contributed by atoms with Gasteiger partial charge in [-0.15, -0.1) is 0 Å². The van der Waals surface area contributed by atoms with Crippen molar-refractivity contribution in [2.75, 3.05) is 26.6 Å². The summed E-state index contributed by atoms with van der Waals surface area (Å²) in [5.41, 5.74) is 2.16. The quantitative estimate of drug-likeness (QED) is 0.632. The van der Waals surface area contributed by atoms with Crippen LogP contribution in [-0.2, 0) is 13.6 Å². The first-order valence-corrected chi connectivity index (χ1v) is 9.67. The van der Waals surface area contributed by atoms with Crippen LogP contribution in [-0.4, -0.2) is 26.3 Å². The van der Waals surface area contributed by atoms with E-state index in [4.69, 9.17) is 13.5 Å². The molecule has 0 unspecified atom stereocenters. The minimum absolute atomic E-state index is 0.136. The fourth-order valence-electron chi connectivity index (χ4n) is 2.82. The Morgan fingerprint density at radius 2 is 1.46 bits per heavy atom. The number of hydrogen-bond acceptors (Lipinski definition) is 6. The fraction of sp³-hybridized carbons (Fsp3) is 0.211. The first-order chi connectivity index (χ1) is 12.6. The summed E-state index contributed by atoms with van der Waals surface area (Å²) in [6.07, 6.45) is 0. The minimum atomic E-state index is -3.56. The molecule has 3 aromatic rings. The number of nitrogens with zero attached hydrogens (tertiary/aromatic N) is 1. The average molecular weight is 372 g/mol. The molecule has 6 nitrogen and oxygen atoms in total. The third kappa shape index (κ3) is 3.44. The molecule has 0 bridgehead atoms. The van der Waals surface area contributed by atoms with Crippen molar-refractivity contribution < 1.29 is 18.0 Å². The molecule has 1 heterocycles. The number of oxazole rings is 1. The van der Waals surface area contributed by atoms with Gasteiger partial charge in [-0.1, -0.05) is 60.7 Å². The maximum atomic E-state index is 12.8. The van der Waals surface area contributed by atoms with Crippen molar-refractivity contribution in [2.45, 2.75) is 5.92 Å². The van der Waals surface area contributed by atoms with Crippen LogP contribution >= 0.6 is 7.60 Å². The molecule has 0 aliphatic carbocycles. The Morgan fingerprint density at radius 1 is 0.962 bits per heavy atom. The molecule has 2 aromatic carbocycles. The molecule has 0 aliphatic rings. The number of rotatable bonds is 7. The zero-order valence-corrected chi connectivity index (χ0v) is 15.8. The maximum absolute atomic E-state index is 12.8. The highest BCUT2D eigenvalue weighted by atomic mass is 31.2. The van der Waals surface area contributed by atoms with E-state index in [2.05, 4.69) is 10.3 Å². The van der Waals surface area contributed by atoms with E-state index in [9.17, 15) is 4.57 Å². The molecule has 3 rings (SSSR count). The van der Waals surface area contributed by atoms with Crippen molar-refractivity contribution in [2.24, 2.45) is 0 Å². The first-order valence-electron chi connectivity index (χ1n) is 8.13. The van der Waals surface area contributed by atoms with Gasteiger partial charge < -0.3 is 18.8 Å². The van der Waals surface area contributed by atoms with E-state index in [1.807, 2.05) is 60.7 Å². The normalized spacial score (nSPS) is 11.7. The topological polar surface area (TPSA) is 73.6 Å². The highest BCUT2D eigenvalue weighted by Gasteiger charge is 2.35. The molecule has 0 saturated heterocycles. The van der Waals surface area contributed by atoms with Crippen molar-refractivity contribution in [3.8, 4) is 0 Å². The summed E-state index contributed by atoms with van der Waals surface area (Å²) in [4.78, 5) is 4.51. The monoisotopic (exact) mass is 372 g/mol. The summed E-state index contributed by atoms with van der Waals surface area (Å²) in [7, 11) is 0.760. The van der Waals surface area contributed by atoms with Crippen molar-refractivity contribution in [3.63, 3.8) is 0 Å². The van der Waals surface area contributed by atoms with Gasteiger partial charge in [-0.3, -0.25) is 4.57 Å². The zero-order valence-electron chi connectivity index (χ0n) is 14.9. The van der Waals surface area contributed by atoms with Gasteiger partial charge in [0.2, 0.25) is 17.2 Å². The van der Waals surface area contributed by atoms with Crippen molar-refractivity contribution in [3.05, 3.63) is 77.7 Å². The zero-order chi connectivity index (χ0) is 18.6. The molecule has 0 fully saturated rings. The van der Waals surface area contributed by atoms with Gasteiger partial charge in [-0.05, 0) is 11.1 Å². The summed E-state index contributed by atoms with van der Waals surface area (Å²) in [6, 6.07) is 19.8. The van der Waals surface area contributed by atoms with Gasteiger partial charge in [0.05, 0.1) is 5.92 Å². The van der Waals surface area contributed by atoms with Gasteiger partial charge in [0.15, 0.2) is 0 Å². The Hall–Kier alpha value is -2.40. The van der Waals surface area contributed by atoms with Crippen molar-refractivity contribution in [1.82, 2.24) is 4.98 Å². The summed E-state index contributed by atoms with van der Waals surface area (Å²) < 4.78 is 28.9. The molecule has 0 radical (unpaired) electrons. The largest absolute Gasteiger partial charge is 0.423 e. The minimum Gasteiger partial charge on any atom is -0.423 e. The fourth-order valence-corrected chi connectivity index (χ4v) is 3.94. The van der Waals surface area contributed by atoms with E-state index in [1.54, 1.807) is 7.05 Å². The summed E-state index contributed by atoms with van der Waals surface area (Å²) in [6.45, 7) is 0. The second-order valence-corrected chi connectivity index (χ2v) is 7.72. The van der Waals surface area contributed by atoms with Crippen LogP contribution in [0.2, 0.25) is 0 Å². The molecule has 26 heavy (non-hydrogen) atoms. The van der Waals surface area contributed by atoms with Crippen LogP contribution in [0.25, 0.3) is 0 Å². The number of nitrogens with one attached hydrogen (secondary N) is 1. The van der Waals surface area contributed by atoms with E-state index in [1.165, 1.54) is 14.2 Å². The van der Waals surface area contributed by atoms with Gasteiger partial charge in [0, 0.05) is 21.3 Å². The number of anilines is 1. The van der Waals surface area contributed by atoms with E-state index < -0.39 is 7.60 Å². The highest BCUT2D eigenvalue weighted by molar-refractivity contribution is 7.62. The molecule has 136 valence electrons. The molecule has 1 aromatic heterocycles. The Bertz CT molecular complexity index is 849.